The first kappa shape index (κ1) is 17.9. The number of methoxy groups -OCH3 is 1. The van der Waals surface area contributed by atoms with E-state index < -0.39 is 0 Å². The number of hydrogen-bond donors (Lipinski definition) is 0. The molecule has 134 valence electrons. The molecule has 0 fully saturated rings. The molecule has 0 saturated heterocycles. The number of amides is 1. The Morgan fingerprint density at radius 3 is 2.69 bits per heavy atom. The normalized spacial score (nSPS) is 12.0. The molecule has 0 unspecified atom stereocenters. The van der Waals surface area contributed by atoms with Crippen LogP contribution in [-0.2, 0) is 4.74 Å². The van der Waals surface area contributed by atoms with Crippen molar-refractivity contribution in [2.24, 2.45) is 0 Å². The van der Waals surface area contributed by atoms with Gasteiger partial charge in [0, 0.05) is 31.5 Å². The Balaban J connectivity index is 1.87. The van der Waals surface area contributed by atoms with Gasteiger partial charge in [-0.25, -0.2) is 0 Å². The molecule has 26 heavy (non-hydrogen) atoms. The zero-order chi connectivity index (χ0) is 18.5. The highest BCUT2D eigenvalue weighted by atomic mass is 16.5. The van der Waals surface area contributed by atoms with Crippen molar-refractivity contribution in [1.82, 2.24) is 9.88 Å². The van der Waals surface area contributed by atoms with E-state index in [-0.39, 0.29) is 11.9 Å². The van der Waals surface area contributed by atoms with Crippen LogP contribution in [0.5, 0.6) is 0 Å². The summed E-state index contributed by atoms with van der Waals surface area (Å²) >= 11 is 0. The van der Waals surface area contributed by atoms with Gasteiger partial charge in [0.25, 0.3) is 5.91 Å². The standard InChI is InChI=1S/C21H22N2O3/c1-15-10-11-20(26-15)16-7-6-8-17(13-16)21(24)23(2)19(14-25-3)18-9-4-5-12-22-18/h4-13,19H,14H2,1-3H3/t19-/m0/s1. The average Bonchev–Trinajstić information content (AvgIpc) is 3.12. The first-order valence-corrected chi connectivity index (χ1v) is 8.44. The summed E-state index contributed by atoms with van der Waals surface area (Å²) in [6.45, 7) is 2.27. The second kappa shape index (κ2) is 7.97. The Bertz CT molecular complexity index is 874. The first-order chi connectivity index (χ1) is 12.6. The number of ether oxygens (including phenoxy) is 1. The molecule has 1 amide bonds. The molecule has 3 rings (SSSR count). The third-order valence-corrected chi connectivity index (χ3v) is 4.28. The number of aryl methyl sites for hydroxylation is 1. The Kier molecular flexibility index (Phi) is 5.49. The fourth-order valence-corrected chi connectivity index (χ4v) is 2.87. The summed E-state index contributed by atoms with van der Waals surface area (Å²) in [5.41, 5.74) is 2.26. The maximum Gasteiger partial charge on any atom is 0.254 e. The number of furan rings is 1. The zero-order valence-electron chi connectivity index (χ0n) is 15.2. The summed E-state index contributed by atoms with van der Waals surface area (Å²) in [6.07, 6.45) is 1.72. The molecule has 0 N–H and O–H groups in total. The lowest BCUT2D eigenvalue weighted by Crippen LogP contribution is -2.34. The van der Waals surface area contributed by atoms with Gasteiger partial charge in [-0.05, 0) is 43.3 Å². The highest BCUT2D eigenvalue weighted by Crippen LogP contribution is 2.25. The van der Waals surface area contributed by atoms with Gasteiger partial charge in [0.05, 0.1) is 18.3 Å². The Hall–Kier alpha value is -2.92. The molecular formula is C21H22N2O3. The van der Waals surface area contributed by atoms with Crippen LogP contribution in [0.1, 0.15) is 27.9 Å². The third-order valence-electron chi connectivity index (χ3n) is 4.28. The van der Waals surface area contributed by atoms with E-state index in [1.54, 1.807) is 31.3 Å². The number of likely N-dealkylation sites (N-methyl/N-ethyl adjacent to an activating group) is 1. The molecule has 1 atom stereocenters. The van der Waals surface area contributed by atoms with Crippen LogP contribution < -0.4 is 0 Å². The maximum atomic E-state index is 13.0. The summed E-state index contributed by atoms with van der Waals surface area (Å²) < 4.78 is 11.0. The molecule has 0 aliphatic heterocycles. The van der Waals surface area contributed by atoms with Gasteiger partial charge in [-0.2, -0.15) is 0 Å². The van der Waals surface area contributed by atoms with E-state index in [4.69, 9.17) is 9.15 Å². The molecule has 2 aromatic heterocycles. The van der Waals surface area contributed by atoms with Crippen LogP contribution in [-0.4, -0.2) is 36.6 Å². The Labute approximate surface area is 153 Å². The number of carbonyl (C=O) groups is 1. The predicted octanol–water partition coefficient (Wildman–Crippen LogP) is 4.11. The van der Waals surface area contributed by atoms with Crippen molar-refractivity contribution in [1.29, 1.82) is 0 Å². The smallest absolute Gasteiger partial charge is 0.254 e. The third kappa shape index (κ3) is 3.83. The van der Waals surface area contributed by atoms with E-state index in [0.717, 1.165) is 22.8 Å². The van der Waals surface area contributed by atoms with E-state index in [2.05, 4.69) is 4.98 Å². The molecule has 0 spiro atoms. The van der Waals surface area contributed by atoms with Gasteiger partial charge in [0.2, 0.25) is 0 Å². The van der Waals surface area contributed by atoms with Crippen molar-refractivity contribution < 1.29 is 13.9 Å². The summed E-state index contributed by atoms with van der Waals surface area (Å²) in [7, 11) is 3.39. The molecule has 0 aliphatic carbocycles. The molecule has 5 nitrogen and oxygen atoms in total. The minimum atomic E-state index is -0.261. The molecule has 0 saturated carbocycles. The largest absolute Gasteiger partial charge is 0.461 e. The SMILES string of the molecule is COC[C@@H](c1ccccn1)N(C)C(=O)c1cccc(-c2ccc(C)o2)c1. The summed E-state index contributed by atoms with van der Waals surface area (Å²) in [6, 6.07) is 16.7. The summed E-state index contributed by atoms with van der Waals surface area (Å²) in [4.78, 5) is 19.1. The van der Waals surface area contributed by atoms with Gasteiger partial charge in [-0.1, -0.05) is 18.2 Å². The minimum Gasteiger partial charge on any atom is -0.461 e. The molecule has 0 aliphatic rings. The van der Waals surface area contributed by atoms with Gasteiger partial charge in [0.1, 0.15) is 11.5 Å². The average molecular weight is 350 g/mol. The van der Waals surface area contributed by atoms with Crippen LogP contribution in [0.3, 0.4) is 0 Å². The van der Waals surface area contributed by atoms with E-state index >= 15 is 0 Å². The molecule has 0 bridgehead atoms. The van der Waals surface area contributed by atoms with E-state index in [1.165, 1.54) is 0 Å². The Morgan fingerprint density at radius 2 is 2.04 bits per heavy atom. The monoisotopic (exact) mass is 350 g/mol. The van der Waals surface area contributed by atoms with E-state index in [9.17, 15) is 4.79 Å². The maximum absolute atomic E-state index is 13.0. The van der Waals surface area contributed by atoms with Gasteiger partial charge in [-0.3, -0.25) is 9.78 Å². The van der Waals surface area contributed by atoms with Crippen molar-refractivity contribution >= 4 is 5.91 Å². The van der Waals surface area contributed by atoms with Crippen LogP contribution in [0.15, 0.2) is 65.2 Å². The van der Waals surface area contributed by atoms with E-state index in [1.807, 2.05) is 55.5 Å². The summed E-state index contributed by atoms with van der Waals surface area (Å²) in [5.74, 6) is 1.49. The summed E-state index contributed by atoms with van der Waals surface area (Å²) in [5, 5.41) is 0. The molecule has 3 aromatic rings. The second-order valence-corrected chi connectivity index (χ2v) is 6.13. The van der Waals surface area contributed by atoms with Gasteiger partial charge < -0.3 is 14.1 Å². The minimum absolute atomic E-state index is 0.0946. The lowest BCUT2D eigenvalue weighted by atomic mass is 10.1. The number of rotatable bonds is 6. The van der Waals surface area contributed by atoms with Crippen LogP contribution in [0.4, 0.5) is 0 Å². The van der Waals surface area contributed by atoms with Crippen LogP contribution in [0.25, 0.3) is 11.3 Å². The highest BCUT2D eigenvalue weighted by molar-refractivity contribution is 5.95. The highest BCUT2D eigenvalue weighted by Gasteiger charge is 2.24. The van der Waals surface area contributed by atoms with Crippen molar-refractivity contribution in [2.75, 3.05) is 20.8 Å². The fraction of sp³-hybridized carbons (Fsp3) is 0.238. The number of nitrogens with zero attached hydrogens (tertiary/aromatic N) is 2. The number of carbonyl (C=O) groups excluding carboxylic acids is 1. The van der Waals surface area contributed by atoms with Crippen molar-refractivity contribution in [3.05, 3.63) is 77.8 Å². The van der Waals surface area contributed by atoms with Gasteiger partial charge in [0.15, 0.2) is 0 Å². The second-order valence-electron chi connectivity index (χ2n) is 6.13. The topological polar surface area (TPSA) is 55.6 Å². The van der Waals surface area contributed by atoms with Crippen LogP contribution >= 0.6 is 0 Å². The van der Waals surface area contributed by atoms with Crippen LogP contribution in [0.2, 0.25) is 0 Å². The number of hydrogen-bond acceptors (Lipinski definition) is 4. The Morgan fingerprint density at radius 1 is 1.19 bits per heavy atom. The van der Waals surface area contributed by atoms with Crippen molar-refractivity contribution in [3.8, 4) is 11.3 Å². The zero-order valence-corrected chi connectivity index (χ0v) is 15.2. The molecule has 2 heterocycles. The predicted molar refractivity (Wildman–Crippen MR) is 99.8 cm³/mol. The lowest BCUT2D eigenvalue weighted by molar-refractivity contribution is 0.0595. The molecule has 1 aromatic carbocycles. The van der Waals surface area contributed by atoms with Crippen molar-refractivity contribution in [2.45, 2.75) is 13.0 Å². The fourth-order valence-electron chi connectivity index (χ4n) is 2.87. The van der Waals surface area contributed by atoms with Gasteiger partial charge >= 0.3 is 0 Å². The number of pyridine rings is 1. The molecule has 0 radical (unpaired) electrons. The molecule has 5 heteroatoms. The van der Waals surface area contributed by atoms with Crippen molar-refractivity contribution in [3.63, 3.8) is 0 Å². The quantitative estimate of drug-likeness (QED) is 0.671. The number of benzene rings is 1. The first-order valence-electron chi connectivity index (χ1n) is 8.44. The van der Waals surface area contributed by atoms with Crippen LogP contribution in [0, 0.1) is 6.92 Å². The lowest BCUT2D eigenvalue weighted by Gasteiger charge is -2.27. The molecular weight excluding hydrogens is 328 g/mol. The van der Waals surface area contributed by atoms with E-state index in [0.29, 0.717) is 12.2 Å². The van der Waals surface area contributed by atoms with Gasteiger partial charge in [-0.15, -0.1) is 0 Å². The number of aromatic nitrogens is 1.